The lowest BCUT2D eigenvalue weighted by molar-refractivity contribution is 0.957. The highest BCUT2D eigenvalue weighted by Gasteiger charge is 1.99. The highest BCUT2D eigenvalue weighted by atomic mass is 14.0. The lowest BCUT2D eigenvalue weighted by Gasteiger charge is -2.06. The highest BCUT2D eigenvalue weighted by Crippen LogP contribution is 2.20. The molecule has 110 valence electrons. The van der Waals surface area contributed by atoms with Gasteiger partial charge in [-0.1, -0.05) is 85.8 Å². The zero-order chi connectivity index (χ0) is 15.2. The standard InChI is InChI=1S/C22H22/c1-2-18-8-10-19(11-9-18)12-13-20-14-16-22(17-15-20)21-6-4-3-5-7-21/h3-11,14-17H,2,12-13H2,1H3. The normalized spacial score (nSPS) is 10.6. The molecule has 3 aromatic rings. The quantitative estimate of drug-likeness (QED) is 0.564. The summed E-state index contributed by atoms with van der Waals surface area (Å²) in [5, 5.41) is 0. The lowest BCUT2D eigenvalue weighted by atomic mass is 10.00. The van der Waals surface area contributed by atoms with Crippen LogP contribution in [0.3, 0.4) is 0 Å². The molecule has 0 N–H and O–H groups in total. The Morgan fingerprint density at radius 2 is 0.955 bits per heavy atom. The Morgan fingerprint density at radius 1 is 0.500 bits per heavy atom. The number of rotatable bonds is 5. The average Bonchev–Trinajstić information content (AvgIpc) is 2.61. The second-order valence-electron chi connectivity index (χ2n) is 5.73. The summed E-state index contributed by atoms with van der Waals surface area (Å²) >= 11 is 0. The van der Waals surface area contributed by atoms with Crippen molar-refractivity contribution < 1.29 is 0 Å². The summed E-state index contributed by atoms with van der Waals surface area (Å²) in [7, 11) is 0. The first-order valence-electron chi connectivity index (χ1n) is 8.07. The molecule has 3 aromatic carbocycles. The molecule has 0 aromatic heterocycles. The molecule has 3 rings (SSSR count). The van der Waals surface area contributed by atoms with Crippen LogP contribution in [-0.4, -0.2) is 0 Å². The van der Waals surface area contributed by atoms with Gasteiger partial charge in [-0.2, -0.15) is 0 Å². The molecule has 0 bridgehead atoms. The molecule has 0 spiro atoms. The van der Waals surface area contributed by atoms with Crippen molar-refractivity contribution in [1.29, 1.82) is 0 Å². The number of aryl methyl sites for hydroxylation is 3. The summed E-state index contributed by atoms with van der Waals surface area (Å²) in [6.07, 6.45) is 3.32. The molecule has 0 heteroatoms. The highest BCUT2D eigenvalue weighted by molar-refractivity contribution is 5.63. The van der Waals surface area contributed by atoms with E-state index in [2.05, 4.69) is 85.8 Å². The van der Waals surface area contributed by atoms with Crippen molar-refractivity contribution in [1.82, 2.24) is 0 Å². The second-order valence-corrected chi connectivity index (χ2v) is 5.73. The van der Waals surface area contributed by atoms with E-state index >= 15 is 0 Å². The molecule has 0 aliphatic rings. The molecule has 0 fully saturated rings. The fraction of sp³-hybridized carbons (Fsp3) is 0.182. The Labute approximate surface area is 133 Å². The topological polar surface area (TPSA) is 0 Å². The molecule has 22 heavy (non-hydrogen) atoms. The number of hydrogen-bond donors (Lipinski definition) is 0. The Kier molecular flexibility index (Phi) is 4.70. The van der Waals surface area contributed by atoms with Gasteiger partial charge in [0, 0.05) is 0 Å². The van der Waals surface area contributed by atoms with Crippen LogP contribution in [0.2, 0.25) is 0 Å². The van der Waals surface area contributed by atoms with Gasteiger partial charge in [0.1, 0.15) is 0 Å². The first-order chi connectivity index (χ1) is 10.8. The van der Waals surface area contributed by atoms with Crippen LogP contribution in [0.1, 0.15) is 23.6 Å². The zero-order valence-corrected chi connectivity index (χ0v) is 13.1. The molecule has 0 unspecified atom stereocenters. The maximum Gasteiger partial charge on any atom is -0.0184 e. The fourth-order valence-corrected chi connectivity index (χ4v) is 2.72. The molecule has 0 nitrogen and oxygen atoms in total. The van der Waals surface area contributed by atoms with Crippen LogP contribution in [-0.2, 0) is 19.3 Å². The maximum atomic E-state index is 2.26. The third-order valence-electron chi connectivity index (χ3n) is 4.19. The smallest absolute Gasteiger partial charge is 0.0184 e. The van der Waals surface area contributed by atoms with Gasteiger partial charge in [0.15, 0.2) is 0 Å². The molecule has 0 aliphatic carbocycles. The van der Waals surface area contributed by atoms with Crippen LogP contribution >= 0.6 is 0 Å². The van der Waals surface area contributed by atoms with Crippen LogP contribution in [0, 0.1) is 0 Å². The van der Waals surface area contributed by atoms with Gasteiger partial charge in [0.25, 0.3) is 0 Å². The first-order valence-corrected chi connectivity index (χ1v) is 8.07. The van der Waals surface area contributed by atoms with Crippen LogP contribution in [0.15, 0.2) is 78.9 Å². The first kappa shape index (κ1) is 14.6. The van der Waals surface area contributed by atoms with E-state index in [1.807, 2.05) is 0 Å². The van der Waals surface area contributed by atoms with Crippen molar-refractivity contribution in [3.05, 3.63) is 95.6 Å². The van der Waals surface area contributed by atoms with Gasteiger partial charge in [-0.25, -0.2) is 0 Å². The minimum Gasteiger partial charge on any atom is -0.0622 e. The van der Waals surface area contributed by atoms with Crippen LogP contribution < -0.4 is 0 Å². The molecule has 0 saturated heterocycles. The van der Waals surface area contributed by atoms with E-state index in [9.17, 15) is 0 Å². The van der Waals surface area contributed by atoms with Crippen molar-refractivity contribution >= 4 is 0 Å². The number of hydrogen-bond acceptors (Lipinski definition) is 0. The molecule has 0 amide bonds. The monoisotopic (exact) mass is 286 g/mol. The molecular weight excluding hydrogens is 264 g/mol. The molecule has 0 saturated carbocycles. The van der Waals surface area contributed by atoms with E-state index in [1.54, 1.807) is 0 Å². The van der Waals surface area contributed by atoms with E-state index < -0.39 is 0 Å². The Hall–Kier alpha value is -2.34. The van der Waals surface area contributed by atoms with Gasteiger partial charge < -0.3 is 0 Å². The maximum absolute atomic E-state index is 2.26. The van der Waals surface area contributed by atoms with Crippen molar-refractivity contribution in [2.45, 2.75) is 26.2 Å². The zero-order valence-electron chi connectivity index (χ0n) is 13.1. The summed E-state index contributed by atoms with van der Waals surface area (Å²) < 4.78 is 0. The van der Waals surface area contributed by atoms with Crippen LogP contribution in [0.25, 0.3) is 11.1 Å². The molecule has 0 heterocycles. The second kappa shape index (κ2) is 7.09. The third-order valence-corrected chi connectivity index (χ3v) is 4.19. The summed E-state index contributed by atoms with van der Waals surface area (Å²) in [6, 6.07) is 28.5. The van der Waals surface area contributed by atoms with E-state index in [4.69, 9.17) is 0 Å². The summed E-state index contributed by atoms with van der Waals surface area (Å²) in [4.78, 5) is 0. The summed E-state index contributed by atoms with van der Waals surface area (Å²) in [5.74, 6) is 0. The average molecular weight is 286 g/mol. The molecular formula is C22H22. The van der Waals surface area contributed by atoms with Crippen LogP contribution in [0.4, 0.5) is 0 Å². The van der Waals surface area contributed by atoms with E-state index in [1.165, 1.54) is 27.8 Å². The van der Waals surface area contributed by atoms with E-state index in [-0.39, 0.29) is 0 Å². The molecule has 0 atom stereocenters. The predicted octanol–water partition coefficient (Wildman–Crippen LogP) is 5.70. The van der Waals surface area contributed by atoms with Crippen LogP contribution in [0.5, 0.6) is 0 Å². The van der Waals surface area contributed by atoms with Crippen molar-refractivity contribution in [2.24, 2.45) is 0 Å². The van der Waals surface area contributed by atoms with Gasteiger partial charge in [-0.15, -0.1) is 0 Å². The van der Waals surface area contributed by atoms with Gasteiger partial charge in [0.05, 0.1) is 0 Å². The fourth-order valence-electron chi connectivity index (χ4n) is 2.72. The third kappa shape index (κ3) is 3.65. The summed E-state index contributed by atoms with van der Waals surface area (Å²) in [5.41, 5.74) is 6.81. The predicted molar refractivity (Wildman–Crippen MR) is 95.1 cm³/mol. The van der Waals surface area contributed by atoms with E-state index in [0.29, 0.717) is 0 Å². The van der Waals surface area contributed by atoms with Gasteiger partial charge in [-0.05, 0) is 47.1 Å². The Bertz CT molecular complexity index is 691. The Balaban J connectivity index is 1.63. The SMILES string of the molecule is CCc1ccc(CCc2ccc(-c3ccccc3)cc2)cc1. The van der Waals surface area contributed by atoms with Crippen molar-refractivity contribution in [3.8, 4) is 11.1 Å². The van der Waals surface area contributed by atoms with Gasteiger partial charge in [0.2, 0.25) is 0 Å². The number of benzene rings is 3. The summed E-state index contributed by atoms with van der Waals surface area (Å²) in [6.45, 7) is 2.20. The Morgan fingerprint density at radius 3 is 1.50 bits per heavy atom. The largest absolute Gasteiger partial charge is 0.0622 e. The van der Waals surface area contributed by atoms with Crippen molar-refractivity contribution in [3.63, 3.8) is 0 Å². The van der Waals surface area contributed by atoms with Gasteiger partial charge >= 0.3 is 0 Å². The van der Waals surface area contributed by atoms with E-state index in [0.717, 1.165) is 19.3 Å². The lowest BCUT2D eigenvalue weighted by Crippen LogP contribution is -1.92. The minimum atomic E-state index is 1.10. The molecule has 0 radical (unpaired) electrons. The minimum absolute atomic E-state index is 1.10. The van der Waals surface area contributed by atoms with Crippen molar-refractivity contribution in [2.75, 3.05) is 0 Å². The molecule has 0 aliphatic heterocycles. The van der Waals surface area contributed by atoms with Gasteiger partial charge in [-0.3, -0.25) is 0 Å².